The van der Waals surface area contributed by atoms with Crippen LogP contribution in [0.25, 0.3) is 0 Å². The van der Waals surface area contributed by atoms with Crippen LogP contribution in [0.4, 0.5) is 0 Å². The topological polar surface area (TPSA) is 52.6 Å². The Morgan fingerprint density at radius 2 is 2.36 bits per heavy atom. The molecule has 1 fully saturated rings. The number of carbonyl (C=O) groups is 1. The summed E-state index contributed by atoms with van der Waals surface area (Å²) in [7, 11) is 1.88. The maximum absolute atomic E-state index is 10.5. The molecule has 2 unspecified atom stereocenters. The summed E-state index contributed by atoms with van der Waals surface area (Å²) < 4.78 is 0. The molecule has 0 aliphatic carbocycles. The smallest absolute Gasteiger partial charge is 0.317 e. The molecule has 1 aliphatic rings. The van der Waals surface area contributed by atoms with Gasteiger partial charge in [0.05, 0.1) is 6.54 Å². The van der Waals surface area contributed by atoms with Crippen LogP contribution in [0.3, 0.4) is 0 Å². The molecule has 0 bridgehead atoms. The zero-order valence-corrected chi connectivity index (χ0v) is 8.99. The van der Waals surface area contributed by atoms with Gasteiger partial charge in [0.25, 0.3) is 0 Å². The normalized spacial score (nSPS) is 27.9. The van der Waals surface area contributed by atoms with E-state index in [0.29, 0.717) is 12.0 Å². The first kappa shape index (κ1) is 11.5. The summed E-state index contributed by atoms with van der Waals surface area (Å²) in [5.41, 5.74) is 0. The highest BCUT2D eigenvalue weighted by Crippen LogP contribution is 2.16. The predicted octanol–water partition coefficient (Wildman–Crippen LogP) is 0.391. The molecule has 1 rings (SSSR count). The van der Waals surface area contributed by atoms with E-state index in [2.05, 4.69) is 12.2 Å². The fraction of sp³-hybridized carbons (Fsp3) is 0.900. The van der Waals surface area contributed by atoms with E-state index in [1.54, 1.807) is 0 Å². The summed E-state index contributed by atoms with van der Waals surface area (Å²) in [6.07, 6.45) is 2.32. The van der Waals surface area contributed by atoms with Crippen molar-refractivity contribution in [2.75, 3.05) is 26.7 Å². The summed E-state index contributed by atoms with van der Waals surface area (Å²) in [4.78, 5) is 12.4. The SMILES string of the molecule is CC1CC(CN(C)CC(=O)O)CCN1. The average molecular weight is 200 g/mol. The van der Waals surface area contributed by atoms with Crippen molar-refractivity contribution in [2.45, 2.75) is 25.8 Å². The van der Waals surface area contributed by atoms with Crippen LogP contribution in [-0.4, -0.2) is 48.7 Å². The first-order valence-corrected chi connectivity index (χ1v) is 5.21. The molecule has 82 valence electrons. The van der Waals surface area contributed by atoms with Gasteiger partial charge in [-0.1, -0.05) is 0 Å². The molecule has 2 atom stereocenters. The van der Waals surface area contributed by atoms with Crippen LogP contribution < -0.4 is 5.32 Å². The van der Waals surface area contributed by atoms with E-state index in [0.717, 1.165) is 25.9 Å². The molecule has 0 radical (unpaired) electrons. The zero-order valence-electron chi connectivity index (χ0n) is 8.99. The van der Waals surface area contributed by atoms with Crippen molar-refractivity contribution in [3.05, 3.63) is 0 Å². The van der Waals surface area contributed by atoms with Crippen LogP contribution in [-0.2, 0) is 4.79 Å². The van der Waals surface area contributed by atoms with Gasteiger partial charge in [-0.05, 0) is 39.3 Å². The molecule has 0 aromatic heterocycles. The van der Waals surface area contributed by atoms with E-state index in [4.69, 9.17) is 5.11 Å². The van der Waals surface area contributed by atoms with Gasteiger partial charge in [0.15, 0.2) is 0 Å². The van der Waals surface area contributed by atoms with Crippen molar-refractivity contribution in [1.29, 1.82) is 0 Å². The van der Waals surface area contributed by atoms with Crippen LogP contribution in [0, 0.1) is 5.92 Å². The van der Waals surface area contributed by atoms with E-state index >= 15 is 0 Å². The molecular formula is C10H20N2O2. The lowest BCUT2D eigenvalue weighted by Crippen LogP contribution is -2.40. The molecule has 4 nitrogen and oxygen atoms in total. The molecule has 1 heterocycles. The molecule has 14 heavy (non-hydrogen) atoms. The number of carboxylic acids is 1. The minimum atomic E-state index is -0.741. The van der Waals surface area contributed by atoms with Gasteiger partial charge < -0.3 is 10.4 Å². The Balaban J connectivity index is 2.25. The Morgan fingerprint density at radius 3 is 2.93 bits per heavy atom. The van der Waals surface area contributed by atoms with Gasteiger partial charge in [-0.25, -0.2) is 0 Å². The lowest BCUT2D eigenvalue weighted by molar-refractivity contribution is -0.138. The van der Waals surface area contributed by atoms with Gasteiger partial charge in [0.1, 0.15) is 0 Å². The largest absolute Gasteiger partial charge is 0.480 e. The van der Waals surface area contributed by atoms with Crippen molar-refractivity contribution in [3.8, 4) is 0 Å². The molecule has 1 aliphatic heterocycles. The second kappa shape index (κ2) is 5.32. The molecule has 0 spiro atoms. The number of nitrogens with one attached hydrogen (secondary N) is 1. The third-order valence-corrected chi connectivity index (χ3v) is 2.71. The standard InChI is InChI=1S/C10H20N2O2/c1-8-5-9(3-4-11-8)6-12(2)7-10(13)14/h8-9,11H,3-7H2,1-2H3,(H,13,14). The Hall–Kier alpha value is -0.610. The summed E-state index contributed by atoms with van der Waals surface area (Å²) in [5.74, 6) is -0.0925. The Morgan fingerprint density at radius 1 is 1.64 bits per heavy atom. The van der Waals surface area contributed by atoms with Crippen LogP contribution in [0.2, 0.25) is 0 Å². The first-order valence-electron chi connectivity index (χ1n) is 5.21. The molecule has 0 aromatic carbocycles. The van der Waals surface area contributed by atoms with Crippen LogP contribution in [0.1, 0.15) is 19.8 Å². The van der Waals surface area contributed by atoms with Crippen molar-refractivity contribution < 1.29 is 9.90 Å². The Bertz CT molecular complexity index is 197. The van der Waals surface area contributed by atoms with Gasteiger partial charge in [-0.2, -0.15) is 0 Å². The number of carboxylic acid groups (broad SMARTS) is 1. The number of piperidine rings is 1. The molecule has 1 saturated heterocycles. The molecule has 0 saturated carbocycles. The van der Waals surface area contributed by atoms with E-state index in [9.17, 15) is 4.79 Å². The summed E-state index contributed by atoms with van der Waals surface area (Å²) in [5, 5.41) is 12.0. The van der Waals surface area contributed by atoms with E-state index in [-0.39, 0.29) is 6.54 Å². The van der Waals surface area contributed by atoms with Crippen molar-refractivity contribution in [3.63, 3.8) is 0 Å². The average Bonchev–Trinajstić information content (AvgIpc) is 2.01. The molecule has 0 aromatic rings. The summed E-state index contributed by atoms with van der Waals surface area (Å²) >= 11 is 0. The fourth-order valence-corrected chi connectivity index (χ4v) is 2.14. The van der Waals surface area contributed by atoms with Gasteiger partial charge in [-0.3, -0.25) is 9.69 Å². The third-order valence-electron chi connectivity index (χ3n) is 2.71. The molecule has 0 amide bonds. The van der Waals surface area contributed by atoms with E-state index < -0.39 is 5.97 Å². The molecular weight excluding hydrogens is 180 g/mol. The highest BCUT2D eigenvalue weighted by atomic mass is 16.4. The van der Waals surface area contributed by atoms with Crippen molar-refractivity contribution in [2.24, 2.45) is 5.92 Å². The third kappa shape index (κ3) is 4.07. The van der Waals surface area contributed by atoms with E-state index in [1.807, 2.05) is 11.9 Å². The molecule has 2 N–H and O–H groups in total. The van der Waals surface area contributed by atoms with Crippen molar-refractivity contribution in [1.82, 2.24) is 10.2 Å². The number of nitrogens with zero attached hydrogens (tertiary/aromatic N) is 1. The lowest BCUT2D eigenvalue weighted by atomic mass is 9.93. The van der Waals surface area contributed by atoms with Crippen LogP contribution in [0.5, 0.6) is 0 Å². The highest BCUT2D eigenvalue weighted by molar-refractivity contribution is 5.68. The minimum Gasteiger partial charge on any atom is -0.480 e. The highest BCUT2D eigenvalue weighted by Gasteiger charge is 2.19. The van der Waals surface area contributed by atoms with Gasteiger partial charge in [-0.15, -0.1) is 0 Å². The first-order chi connectivity index (χ1) is 6.58. The lowest BCUT2D eigenvalue weighted by Gasteiger charge is -2.30. The summed E-state index contributed by atoms with van der Waals surface area (Å²) in [6, 6.07) is 0.576. The number of likely N-dealkylation sites (N-methyl/N-ethyl adjacent to an activating group) is 1. The second-order valence-electron chi connectivity index (χ2n) is 4.34. The number of rotatable bonds is 4. The number of aliphatic carboxylic acids is 1. The summed E-state index contributed by atoms with van der Waals surface area (Å²) in [6.45, 7) is 4.30. The quantitative estimate of drug-likeness (QED) is 0.689. The predicted molar refractivity (Wildman–Crippen MR) is 55.3 cm³/mol. The zero-order chi connectivity index (χ0) is 10.6. The van der Waals surface area contributed by atoms with Gasteiger partial charge in [0.2, 0.25) is 0 Å². The molecule has 4 heteroatoms. The monoisotopic (exact) mass is 200 g/mol. The maximum Gasteiger partial charge on any atom is 0.317 e. The number of hydrogen-bond acceptors (Lipinski definition) is 3. The maximum atomic E-state index is 10.5. The number of hydrogen-bond donors (Lipinski definition) is 2. The van der Waals surface area contributed by atoms with E-state index in [1.165, 1.54) is 0 Å². The van der Waals surface area contributed by atoms with Crippen molar-refractivity contribution >= 4 is 5.97 Å². The Kier molecular flexibility index (Phi) is 4.35. The second-order valence-corrected chi connectivity index (χ2v) is 4.34. The Labute approximate surface area is 85.3 Å². The van der Waals surface area contributed by atoms with Gasteiger partial charge in [0, 0.05) is 12.6 Å². The van der Waals surface area contributed by atoms with Crippen LogP contribution in [0.15, 0.2) is 0 Å². The van der Waals surface area contributed by atoms with Crippen LogP contribution >= 0.6 is 0 Å². The van der Waals surface area contributed by atoms with Gasteiger partial charge >= 0.3 is 5.97 Å². The minimum absolute atomic E-state index is 0.151. The fourth-order valence-electron chi connectivity index (χ4n) is 2.14.